The minimum absolute atomic E-state index is 0.00838. The lowest BCUT2D eigenvalue weighted by atomic mass is 9.97. The van der Waals surface area contributed by atoms with Gasteiger partial charge in [-0.15, -0.1) is 5.10 Å². The van der Waals surface area contributed by atoms with Crippen LogP contribution >= 0.6 is 0 Å². The first-order valence-corrected chi connectivity index (χ1v) is 9.37. The molecule has 1 aromatic rings. The second-order valence-corrected chi connectivity index (χ2v) is 8.09. The van der Waals surface area contributed by atoms with Gasteiger partial charge in [-0.3, -0.25) is 14.5 Å². The molecule has 1 unspecified atom stereocenters. The van der Waals surface area contributed by atoms with Crippen LogP contribution in [0.1, 0.15) is 51.8 Å². The van der Waals surface area contributed by atoms with Crippen molar-refractivity contribution in [3.8, 4) is 0 Å². The van der Waals surface area contributed by atoms with Gasteiger partial charge in [0.2, 0.25) is 11.8 Å². The molecule has 10 nitrogen and oxygen atoms in total. The van der Waals surface area contributed by atoms with E-state index >= 15 is 0 Å². The van der Waals surface area contributed by atoms with Crippen LogP contribution in [0.2, 0.25) is 0 Å². The summed E-state index contributed by atoms with van der Waals surface area (Å²) in [6.07, 6.45) is 1.08. The SMILES string of the molecule is COC(=O)C1CC(=O)N(c2nnc(C3CCN(C(=O)OC(C)(C)C)CC3)o2)C1. The van der Waals surface area contributed by atoms with E-state index in [-0.39, 0.29) is 36.9 Å². The minimum Gasteiger partial charge on any atom is -0.469 e. The van der Waals surface area contributed by atoms with Crippen LogP contribution < -0.4 is 4.90 Å². The van der Waals surface area contributed by atoms with E-state index in [1.165, 1.54) is 12.0 Å². The van der Waals surface area contributed by atoms with E-state index in [4.69, 9.17) is 13.9 Å². The third-order valence-corrected chi connectivity index (χ3v) is 4.82. The van der Waals surface area contributed by atoms with Crippen molar-refractivity contribution in [1.82, 2.24) is 15.1 Å². The Morgan fingerprint density at radius 2 is 1.86 bits per heavy atom. The van der Waals surface area contributed by atoms with Gasteiger partial charge in [0.1, 0.15) is 5.60 Å². The van der Waals surface area contributed by atoms with Crippen LogP contribution in [0, 0.1) is 5.92 Å². The summed E-state index contributed by atoms with van der Waals surface area (Å²) in [5, 5.41) is 8.05. The van der Waals surface area contributed by atoms with Crippen LogP contribution in [0.15, 0.2) is 4.42 Å². The number of likely N-dealkylation sites (tertiary alicyclic amines) is 1. The topological polar surface area (TPSA) is 115 Å². The molecule has 1 aromatic heterocycles. The maximum absolute atomic E-state index is 12.2. The van der Waals surface area contributed by atoms with Gasteiger partial charge in [0, 0.05) is 32.0 Å². The number of hydrogen-bond acceptors (Lipinski definition) is 8. The molecule has 0 spiro atoms. The Morgan fingerprint density at radius 3 is 2.46 bits per heavy atom. The summed E-state index contributed by atoms with van der Waals surface area (Å²) < 4.78 is 15.8. The Bertz CT molecular complexity index is 748. The highest BCUT2D eigenvalue weighted by atomic mass is 16.6. The first kappa shape index (κ1) is 20.1. The fraction of sp³-hybridized carbons (Fsp3) is 0.722. The summed E-state index contributed by atoms with van der Waals surface area (Å²) in [7, 11) is 1.30. The van der Waals surface area contributed by atoms with Crippen LogP contribution in [-0.2, 0) is 19.1 Å². The monoisotopic (exact) mass is 394 g/mol. The van der Waals surface area contributed by atoms with Crippen LogP contribution in [0.5, 0.6) is 0 Å². The Hall–Kier alpha value is -2.65. The Kier molecular flexibility index (Phi) is 5.57. The summed E-state index contributed by atoms with van der Waals surface area (Å²) in [5.41, 5.74) is -0.528. The first-order valence-electron chi connectivity index (χ1n) is 9.37. The number of esters is 1. The number of nitrogens with zero attached hydrogens (tertiary/aromatic N) is 4. The third kappa shape index (κ3) is 4.42. The molecule has 2 saturated heterocycles. The quantitative estimate of drug-likeness (QED) is 0.712. The molecule has 2 amide bonds. The van der Waals surface area contributed by atoms with E-state index in [0.717, 1.165) is 0 Å². The second kappa shape index (κ2) is 7.76. The average molecular weight is 394 g/mol. The number of ether oxygens (including phenoxy) is 2. The van der Waals surface area contributed by atoms with Crippen LogP contribution in [0.3, 0.4) is 0 Å². The average Bonchev–Trinajstić information content (AvgIpc) is 3.26. The Balaban J connectivity index is 1.58. The highest BCUT2D eigenvalue weighted by Crippen LogP contribution is 2.31. The van der Waals surface area contributed by atoms with Crippen molar-refractivity contribution < 1.29 is 28.3 Å². The molecule has 0 saturated carbocycles. The number of rotatable bonds is 3. The van der Waals surface area contributed by atoms with Gasteiger partial charge in [-0.25, -0.2) is 4.79 Å². The lowest BCUT2D eigenvalue weighted by Crippen LogP contribution is -2.41. The molecule has 154 valence electrons. The number of hydrogen-bond donors (Lipinski definition) is 0. The van der Waals surface area contributed by atoms with Crippen LogP contribution in [0.25, 0.3) is 0 Å². The van der Waals surface area contributed by atoms with Crippen molar-refractivity contribution in [3.63, 3.8) is 0 Å². The van der Waals surface area contributed by atoms with Gasteiger partial charge in [0.15, 0.2) is 0 Å². The maximum Gasteiger partial charge on any atom is 0.410 e. The molecule has 0 N–H and O–H groups in total. The smallest absolute Gasteiger partial charge is 0.410 e. The van der Waals surface area contributed by atoms with Gasteiger partial charge in [0.05, 0.1) is 13.0 Å². The van der Waals surface area contributed by atoms with E-state index in [1.54, 1.807) is 4.90 Å². The zero-order valence-electron chi connectivity index (χ0n) is 16.6. The zero-order valence-corrected chi connectivity index (χ0v) is 16.6. The number of aromatic nitrogens is 2. The van der Waals surface area contributed by atoms with Crippen molar-refractivity contribution in [1.29, 1.82) is 0 Å². The molecule has 2 aliphatic rings. The van der Waals surface area contributed by atoms with E-state index in [2.05, 4.69) is 10.2 Å². The molecular formula is C18H26N4O6. The van der Waals surface area contributed by atoms with E-state index < -0.39 is 17.5 Å². The lowest BCUT2D eigenvalue weighted by Gasteiger charge is -2.32. The summed E-state index contributed by atoms with van der Waals surface area (Å²) in [4.78, 5) is 39.0. The molecule has 2 aliphatic heterocycles. The Labute approximate surface area is 163 Å². The number of methoxy groups -OCH3 is 1. The van der Waals surface area contributed by atoms with Crippen LogP contribution in [0.4, 0.5) is 10.8 Å². The molecule has 1 atom stereocenters. The van der Waals surface area contributed by atoms with Crippen molar-refractivity contribution in [3.05, 3.63) is 5.89 Å². The van der Waals surface area contributed by atoms with Gasteiger partial charge >= 0.3 is 18.1 Å². The molecule has 3 rings (SSSR count). The van der Waals surface area contributed by atoms with E-state index in [1.807, 2.05) is 20.8 Å². The number of piperidine rings is 1. The maximum atomic E-state index is 12.2. The molecule has 3 heterocycles. The number of carbonyl (C=O) groups is 3. The van der Waals surface area contributed by atoms with Crippen molar-refractivity contribution in [2.45, 2.75) is 51.6 Å². The third-order valence-electron chi connectivity index (χ3n) is 4.82. The van der Waals surface area contributed by atoms with Crippen molar-refractivity contribution in [2.24, 2.45) is 5.92 Å². The molecule has 0 radical (unpaired) electrons. The number of anilines is 1. The number of amides is 2. The standard InChI is InChI=1S/C18H26N4O6/c1-18(2,3)28-17(25)21-7-5-11(6-8-21)14-19-20-16(27-14)22-10-12(9-13(22)23)15(24)26-4/h11-12H,5-10H2,1-4H3. The van der Waals surface area contributed by atoms with Gasteiger partial charge in [-0.1, -0.05) is 5.10 Å². The molecule has 10 heteroatoms. The fourth-order valence-electron chi connectivity index (χ4n) is 3.35. The molecule has 0 bridgehead atoms. The van der Waals surface area contributed by atoms with Crippen molar-refractivity contribution >= 4 is 24.0 Å². The lowest BCUT2D eigenvalue weighted by molar-refractivity contribution is -0.145. The van der Waals surface area contributed by atoms with Crippen LogP contribution in [-0.4, -0.2) is 65.4 Å². The van der Waals surface area contributed by atoms with Gasteiger partial charge in [0.25, 0.3) is 0 Å². The fourth-order valence-corrected chi connectivity index (χ4v) is 3.35. The Morgan fingerprint density at radius 1 is 1.18 bits per heavy atom. The molecule has 2 fully saturated rings. The minimum atomic E-state index is -0.528. The number of carbonyl (C=O) groups excluding carboxylic acids is 3. The first-order chi connectivity index (χ1) is 13.2. The molecule has 28 heavy (non-hydrogen) atoms. The van der Waals surface area contributed by atoms with Gasteiger partial charge in [-0.2, -0.15) is 0 Å². The van der Waals surface area contributed by atoms with Gasteiger partial charge in [-0.05, 0) is 33.6 Å². The van der Waals surface area contributed by atoms with E-state index in [0.29, 0.717) is 31.8 Å². The highest BCUT2D eigenvalue weighted by Gasteiger charge is 2.39. The predicted octanol–water partition coefficient (Wildman–Crippen LogP) is 1.71. The summed E-state index contributed by atoms with van der Waals surface area (Å²) in [6.45, 7) is 6.74. The highest BCUT2D eigenvalue weighted by molar-refractivity contribution is 5.97. The molecule has 0 aromatic carbocycles. The molecular weight excluding hydrogens is 368 g/mol. The van der Waals surface area contributed by atoms with Gasteiger partial charge < -0.3 is 18.8 Å². The summed E-state index contributed by atoms with van der Waals surface area (Å²) in [6, 6.07) is 0.0981. The normalized spacial score (nSPS) is 21.1. The zero-order chi connectivity index (χ0) is 20.5. The summed E-state index contributed by atoms with van der Waals surface area (Å²) >= 11 is 0. The largest absolute Gasteiger partial charge is 0.469 e. The van der Waals surface area contributed by atoms with Crippen molar-refractivity contribution in [2.75, 3.05) is 31.6 Å². The summed E-state index contributed by atoms with van der Waals surface area (Å²) in [5.74, 6) is -0.748. The second-order valence-electron chi connectivity index (χ2n) is 8.09. The molecule has 0 aliphatic carbocycles. The predicted molar refractivity (Wildman–Crippen MR) is 96.6 cm³/mol. The van der Waals surface area contributed by atoms with E-state index in [9.17, 15) is 14.4 Å².